The molecule has 0 unspecified atom stereocenters. The minimum atomic E-state index is -0.380. The SMILES string of the molecule is CCCCN1[C@@H](c2ccccc2)N[C@H](C(=O)OC)[C@H]1c1ccccc1. The van der Waals surface area contributed by atoms with Crippen LogP contribution in [0.1, 0.15) is 43.1 Å². The van der Waals surface area contributed by atoms with E-state index in [1.807, 2.05) is 36.4 Å². The van der Waals surface area contributed by atoms with E-state index in [0.717, 1.165) is 24.9 Å². The van der Waals surface area contributed by atoms with Crippen molar-refractivity contribution < 1.29 is 9.53 Å². The molecule has 1 N–H and O–H groups in total. The monoisotopic (exact) mass is 338 g/mol. The van der Waals surface area contributed by atoms with Gasteiger partial charge in [0, 0.05) is 6.54 Å². The lowest BCUT2D eigenvalue weighted by Crippen LogP contribution is -2.37. The van der Waals surface area contributed by atoms with E-state index < -0.39 is 0 Å². The number of benzene rings is 2. The lowest BCUT2D eigenvalue weighted by Gasteiger charge is -2.30. The number of nitrogens with zero attached hydrogens (tertiary/aromatic N) is 1. The Morgan fingerprint density at radius 2 is 1.64 bits per heavy atom. The summed E-state index contributed by atoms with van der Waals surface area (Å²) in [6.07, 6.45) is 2.20. The second-order valence-corrected chi connectivity index (χ2v) is 6.43. The third-order valence-electron chi connectivity index (χ3n) is 4.82. The first kappa shape index (κ1) is 17.6. The standard InChI is InChI=1S/C21H26N2O2/c1-3-4-15-23-19(16-11-7-5-8-12-16)18(21(24)25-2)22-20(23)17-13-9-6-10-14-17/h5-14,18-20,22H,3-4,15H2,1-2H3/t18-,19+,20-/m0/s1. The molecule has 0 saturated carbocycles. The molecule has 0 aromatic heterocycles. The fourth-order valence-corrected chi connectivity index (χ4v) is 3.60. The summed E-state index contributed by atoms with van der Waals surface area (Å²) in [6, 6.07) is 20.1. The summed E-state index contributed by atoms with van der Waals surface area (Å²) in [7, 11) is 1.46. The van der Waals surface area contributed by atoms with E-state index >= 15 is 0 Å². The maximum Gasteiger partial charge on any atom is 0.324 e. The van der Waals surface area contributed by atoms with Crippen molar-refractivity contribution in [2.24, 2.45) is 0 Å². The Morgan fingerprint density at radius 1 is 1.04 bits per heavy atom. The lowest BCUT2D eigenvalue weighted by atomic mass is 9.99. The Bertz CT molecular complexity index is 675. The molecule has 4 heteroatoms. The second kappa shape index (κ2) is 8.28. The second-order valence-electron chi connectivity index (χ2n) is 6.43. The highest BCUT2D eigenvalue weighted by Crippen LogP contribution is 2.39. The molecule has 1 aliphatic rings. The smallest absolute Gasteiger partial charge is 0.324 e. The number of nitrogens with one attached hydrogen (secondary N) is 1. The van der Waals surface area contributed by atoms with E-state index in [2.05, 4.69) is 41.4 Å². The Labute approximate surface area is 149 Å². The number of hydrogen-bond acceptors (Lipinski definition) is 4. The first-order valence-electron chi connectivity index (χ1n) is 8.95. The number of carbonyl (C=O) groups excluding carboxylic acids is 1. The van der Waals surface area contributed by atoms with E-state index in [4.69, 9.17) is 4.74 Å². The van der Waals surface area contributed by atoms with Gasteiger partial charge in [0.1, 0.15) is 6.04 Å². The van der Waals surface area contributed by atoms with E-state index in [1.165, 1.54) is 12.7 Å². The topological polar surface area (TPSA) is 41.6 Å². The first-order valence-corrected chi connectivity index (χ1v) is 8.95. The van der Waals surface area contributed by atoms with Crippen molar-refractivity contribution in [3.05, 3.63) is 71.8 Å². The largest absolute Gasteiger partial charge is 0.468 e. The third kappa shape index (κ3) is 3.75. The average Bonchev–Trinajstić information content (AvgIpc) is 3.06. The molecule has 132 valence electrons. The van der Waals surface area contributed by atoms with E-state index in [9.17, 15) is 4.79 Å². The predicted molar refractivity (Wildman–Crippen MR) is 98.9 cm³/mol. The van der Waals surface area contributed by atoms with Gasteiger partial charge in [-0.15, -0.1) is 0 Å². The van der Waals surface area contributed by atoms with Gasteiger partial charge in [0.15, 0.2) is 0 Å². The number of hydrogen-bond donors (Lipinski definition) is 1. The molecule has 2 aromatic carbocycles. The van der Waals surface area contributed by atoms with Crippen LogP contribution in [0.25, 0.3) is 0 Å². The fraction of sp³-hybridized carbons (Fsp3) is 0.381. The quantitative estimate of drug-likeness (QED) is 0.816. The summed E-state index contributed by atoms with van der Waals surface area (Å²) in [5, 5.41) is 3.52. The minimum Gasteiger partial charge on any atom is -0.468 e. The summed E-state index contributed by atoms with van der Waals surface area (Å²) in [5.41, 5.74) is 2.31. The summed E-state index contributed by atoms with van der Waals surface area (Å²) in [6.45, 7) is 3.12. The molecule has 0 aliphatic carbocycles. The molecule has 0 radical (unpaired) electrons. The normalized spacial score (nSPS) is 23.5. The van der Waals surface area contributed by atoms with Crippen LogP contribution in [0, 0.1) is 0 Å². The molecule has 0 bridgehead atoms. The molecule has 25 heavy (non-hydrogen) atoms. The molecule has 1 heterocycles. The van der Waals surface area contributed by atoms with Crippen LogP contribution in [0.5, 0.6) is 0 Å². The zero-order chi connectivity index (χ0) is 17.6. The van der Waals surface area contributed by atoms with Crippen LogP contribution < -0.4 is 5.32 Å². The van der Waals surface area contributed by atoms with Crippen LogP contribution in [-0.2, 0) is 9.53 Å². The molecular formula is C21H26N2O2. The molecule has 3 atom stereocenters. The van der Waals surface area contributed by atoms with Gasteiger partial charge in [0.25, 0.3) is 0 Å². The van der Waals surface area contributed by atoms with Crippen molar-refractivity contribution in [1.29, 1.82) is 0 Å². The Hall–Kier alpha value is -2.17. The average molecular weight is 338 g/mol. The third-order valence-corrected chi connectivity index (χ3v) is 4.82. The van der Waals surface area contributed by atoms with Crippen molar-refractivity contribution in [3.63, 3.8) is 0 Å². The van der Waals surface area contributed by atoms with Gasteiger partial charge in [-0.25, -0.2) is 0 Å². The van der Waals surface area contributed by atoms with Crippen LogP contribution in [0.15, 0.2) is 60.7 Å². The van der Waals surface area contributed by atoms with Crippen LogP contribution in [0.2, 0.25) is 0 Å². The summed E-state index contributed by atoms with van der Waals surface area (Å²) < 4.78 is 5.09. The van der Waals surface area contributed by atoms with Gasteiger partial charge < -0.3 is 4.74 Å². The molecule has 2 aromatic rings. The molecule has 1 saturated heterocycles. The molecule has 0 amide bonds. The summed E-state index contributed by atoms with van der Waals surface area (Å²) in [5.74, 6) is -0.214. The summed E-state index contributed by atoms with van der Waals surface area (Å²) in [4.78, 5) is 14.9. The zero-order valence-electron chi connectivity index (χ0n) is 14.9. The number of unbranched alkanes of at least 4 members (excludes halogenated alkanes) is 1. The molecule has 4 nitrogen and oxygen atoms in total. The number of carbonyl (C=O) groups is 1. The number of rotatable bonds is 6. The van der Waals surface area contributed by atoms with E-state index in [-0.39, 0.29) is 24.2 Å². The maximum atomic E-state index is 12.5. The highest BCUT2D eigenvalue weighted by Gasteiger charge is 2.45. The van der Waals surface area contributed by atoms with Crippen molar-refractivity contribution in [2.45, 2.75) is 38.0 Å². The van der Waals surface area contributed by atoms with Gasteiger partial charge in [0.2, 0.25) is 0 Å². The van der Waals surface area contributed by atoms with Gasteiger partial charge in [-0.1, -0.05) is 74.0 Å². The van der Waals surface area contributed by atoms with Gasteiger partial charge >= 0.3 is 5.97 Å². The van der Waals surface area contributed by atoms with Gasteiger partial charge in [-0.2, -0.15) is 0 Å². The number of ether oxygens (including phenoxy) is 1. The minimum absolute atomic E-state index is 0.00190. The van der Waals surface area contributed by atoms with Crippen molar-refractivity contribution in [2.75, 3.05) is 13.7 Å². The zero-order valence-corrected chi connectivity index (χ0v) is 14.9. The summed E-state index contributed by atoms with van der Waals surface area (Å²) >= 11 is 0. The van der Waals surface area contributed by atoms with Crippen molar-refractivity contribution >= 4 is 5.97 Å². The molecule has 1 fully saturated rings. The number of esters is 1. The molecular weight excluding hydrogens is 312 g/mol. The molecule has 1 aliphatic heterocycles. The van der Waals surface area contributed by atoms with Gasteiger partial charge in [-0.05, 0) is 17.5 Å². The predicted octanol–water partition coefficient (Wildman–Crippen LogP) is 3.67. The maximum absolute atomic E-state index is 12.5. The van der Waals surface area contributed by atoms with Crippen LogP contribution in [0.4, 0.5) is 0 Å². The van der Waals surface area contributed by atoms with E-state index in [1.54, 1.807) is 0 Å². The fourth-order valence-electron chi connectivity index (χ4n) is 3.60. The Kier molecular flexibility index (Phi) is 5.84. The highest BCUT2D eigenvalue weighted by atomic mass is 16.5. The van der Waals surface area contributed by atoms with Crippen LogP contribution in [-0.4, -0.2) is 30.6 Å². The highest BCUT2D eigenvalue weighted by molar-refractivity contribution is 5.77. The lowest BCUT2D eigenvalue weighted by molar-refractivity contribution is -0.143. The Morgan fingerprint density at radius 3 is 2.20 bits per heavy atom. The molecule has 3 rings (SSSR count). The van der Waals surface area contributed by atoms with Crippen LogP contribution in [0.3, 0.4) is 0 Å². The number of methoxy groups -OCH3 is 1. The van der Waals surface area contributed by atoms with Gasteiger partial charge in [0.05, 0.1) is 19.3 Å². The van der Waals surface area contributed by atoms with Gasteiger partial charge in [-0.3, -0.25) is 15.0 Å². The van der Waals surface area contributed by atoms with Crippen LogP contribution >= 0.6 is 0 Å². The van der Waals surface area contributed by atoms with Crippen molar-refractivity contribution in [1.82, 2.24) is 10.2 Å². The Balaban J connectivity index is 2.01. The van der Waals surface area contributed by atoms with Crippen molar-refractivity contribution in [3.8, 4) is 0 Å². The first-order chi connectivity index (χ1) is 12.3. The molecule has 0 spiro atoms. The van der Waals surface area contributed by atoms with E-state index in [0.29, 0.717) is 0 Å².